The first-order valence-electron chi connectivity index (χ1n) is 10.5. The Morgan fingerprint density at radius 3 is 2.81 bits per heavy atom. The van der Waals surface area contributed by atoms with Gasteiger partial charge in [0.1, 0.15) is 17.2 Å². The molecule has 8 nitrogen and oxygen atoms in total. The van der Waals surface area contributed by atoms with Gasteiger partial charge in [-0.25, -0.2) is 15.5 Å². The summed E-state index contributed by atoms with van der Waals surface area (Å²) < 4.78 is 7.22. The normalized spacial score (nSPS) is 18.4. The average molecular weight is 448 g/mol. The first-order valence-corrected chi connectivity index (χ1v) is 11.3. The van der Waals surface area contributed by atoms with Gasteiger partial charge in [0.25, 0.3) is 0 Å². The van der Waals surface area contributed by atoms with Crippen LogP contribution < -0.4 is 5.48 Å². The molecule has 1 saturated heterocycles. The van der Waals surface area contributed by atoms with E-state index in [-0.39, 0.29) is 6.04 Å². The molecule has 162 valence electrons. The first-order chi connectivity index (χ1) is 15.7. The van der Waals surface area contributed by atoms with Crippen LogP contribution in [0.3, 0.4) is 0 Å². The van der Waals surface area contributed by atoms with E-state index < -0.39 is 0 Å². The third kappa shape index (κ3) is 3.26. The lowest BCUT2D eigenvalue weighted by molar-refractivity contribution is -0.121. The van der Waals surface area contributed by atoms with Crippen molar-refractivity contribution in [2.45, 2.75) is 18.9 Å². The minimum Gasteiger partial charge on any atom is -0.455 e. The Balaban J connectivity index is 1.23. The number of nitrogens with zero attached hydrogens (tertiary/aromatic N) is 3. The summed E-state index contributed by atoms with van der Waals surface area (Å²) in [5, 5.41) is 1.62. The maximum atomic E-state index is 11.3. The Labute approximate surface area is 188 Å². The summed E-state index contributed by atoms with van der Waals surface area (Å²) in [5.41, 5.74) is 7.66. The molecular formula is C23H21N5O3S. The highest BCUT2D eigenvalue weighted by molar-refractivity contribution is 7.22. The lowest BCUT2D eigenvalue weighted by Gasteiger charge is -2.17. The van der Waals surface area contributed by atoms with Crippen molar-refractivity contribution in [1.29, 1.82) is 0 Å². The van der Waals surface area contributed by atoms with Gasteiger partial charge in [0, 0.05) is 36.9 Å². The summed E-state index contributed by atoms with van der Waals surface area (Å²) in [5.74, 6) is 1.68. The molecule has 1 amide bonds. The molecule has 1 atom stereocenters. The second kappa shape index (κ2) is 7.54. The zero-order valence-corrected chi connectivity index (χ0v) is 18.2. The predicted molar refractivity (Wildman–Crippen MR) is 122 cm³/mol. The number of furan rings is 1. The Morgan fingerprint density at radius 2 is 2.06 bits per heavy atom. The molecular weight excluding hydrogens is 426 g/mol. The number of benzene rings is 1. The summed E-state index contributed by atoms with van der Waals surface area (Å²) in [6, 6.07) is 12.3. The van der Waals surface area contributed by atoms with E-state index in [0.717, 1.165) is 75.1 Å². The molecule has 0 saturated carbocycles. The molecule has 0 aliphatic carbocycles. The van der Waals surface area contributed by atoms with E-state index in [1.807, 2.05) is 54.7 Å². The van der Waals surface area contributed by atoms with Gasteiger partial charge in [-0.1, -0.05) is 24.3 Å². The van der Waals surface area contributed by atoms with Crippen LogP contribution in [-0.2, 0) is 9.73 Å². The van der Waals surface area contributed by atoms with Crippen LogP contribution in [0.4, 0.5) is 0 Å². The van der Waals surface area contributed by atoms with Crippen molar-refractivity contribution >= 4 is 33.7 Å². The Bertz CT molecular complexity index is 1290. The number of likely N-dealkylation sites (tertiary alicyclic amines) is 1. The van der Waals surface area contributed by atoms with Gasteiger partial charge in [0.2, 0.25) is 6.41 Å². The highest BCUT2D eigenvalue weighted by Gasteiger charge is 2.27. The second-order valence-electron chi connectivity index (χ2n) is 7.99. The van der Waals surface area contributed by atoms with Gasteiger partial charge in [-0.2, -0.15) is 4.94 Å². The van der Waals surface area contributed by atoms with Crippen LogP contribution in [0.2, 0.25) is 0 Å². The van der Waals surface area contributed by atoms with Gasteiger partial charge >= 0.3 is 0 Å². The number of amides is 1. The lowest BCUT2D eigenvalue weighted by Crippen LogP contribution is -2.21. The number of H-pyrrole nitrogens is 1. The Morgan fingerprint density at radius 1 is 1.22 bits per heavy atom. The molecule has 1 unspecified atom stereocenters. The molecule has 2 aliphatic heterocycles. The number of carbonyl (C=O) groups is 1. The third-order valence-electron chi connectivity index (χ3n) is 5.90. The van der Waals surface area contributed by atoms with E-state index >= 15 is 0 Å². The highest BCUT2D eigenvalue weighted by atomic mass is 32.1. The number of thiophene rings is 1. The van der Waals surface area contributed by atoms with Crippen LogP contribution in [0.25, 0.3) is 37.9 Å². The zero-order valence-electron chi connectivity index (χ0n) is 17.4. The van der Waals surface area contributed by atoms with Gasteiger partial charge in [-0.15, -0.1) is 11.3 Å². The largest absolute Gasteiger partial charge is 0.455 e. The van der Waals surface area contributed by atoms with Crippen LogP contribution in [-0.4, -0.2) is 39.9 Å². The van der Waals surface area contributed by atoms with Gasteiger partial charge in [0.05, 0.1) is 39.4 Å². The van der Waals surface area contributed by atoms with Crippen LogP contribution in [0.15, 0.2) is 53.2 Å². The number of aromatic nitrogens is 2. The van der Waals surface area contributed by atoms with E-state index in [1.54, 1.807) is 16.4 Å². The first kappa shape index (κ1) is 19.1. The number of hydrogen-bond acceptors (Lipinski definition) is 7. The number of rotatable bonds is 5. The molecule has 0 spiro atoms. The number of fused-ring (bicyclic) bond motifs is 1. The van der Waals surface area contributed by atoms with Crippen molar-refractivity contribution in [3.05, 3.63) is 60.2 Å². The van der Waals surface area contributed by atoms with E-state index in [1.165, 1.54) is 0 Å². The average Bonchev–Trinajstić information content (AvgIpc) is 3.61. The van der Waals surface area contributed by atoms with Crippen molar-refractivity contribution in [2.24, 2.45) is 0 Å². The quantitative estimate of drug-likeness (QED) is 0.437. The molecule has 0 radical (unpaired) electrons. The maximum absolute atomic E-state index is 11.3. The van der Waals surface area contributed by atoms with Crippen molar-refractivity contribution in [3.8, 4) is 21.9 Å². The van der Waals surface area contributed by atoms with Crippen molar-refractivity contribution < 1.29 is 14.2 Å². The van der Waals surface area contributed by atoms with Crippen LogP contribution in [0.1, 0.15) is 30.3 Å². The fraction of sp³-hybridized carbons (Fsp3) is 0.217. The Kier molecular flexibility index (Phi) is 4.51. The van der Waals surface area contributed by atoms with Crippen LogP contribution in [0.5, 0.6) is 0 Å². The fourth-order valence-electron chi connectivity index (χ4n) is 4.25. The smallest absolute Gasteiger partial charge is 0.210 e. The number of hydroxylamine groups is 3. The molecule has 6 rings (SSSR count). The minimum atomic E-state index is 0.0425. The lowest BCUT2D eigenvalue weighted by atomic mass is 10.1. The molecule has 9 heteroatoms. The molecule has 3 aromatic heterocycles. The van der Waals surface area contributed by atoms with E-state index in [0.29, 0.717) is 0 Å². The van der Waals surface area contributed by atoms with E-state index in [2.05, 4.69) is 21.5 Å². The summed E-state index contributed by atoms with van der Waals surface area (Å²) in [6.45, 7) is 0.791. The Hall–Kier alpha value is -3.56. The van der Waals surface area contributed by atoms with Crippen molar-refractivity contribution in [2.75, 3.05) is 13.6 Å². The van der Waals surface area contributed by atoms with E-state index in [4.69, 9.17) is 9.36 Å². The van der Waals surface area contributed by atoms with Crippen LogP contribution in [0, 0.1) is 0 Å². The predicted octanol–water partition coefficient (Wildman–Crippen LogP) is 4.52. The zero-order chi connectivity index (χ0) is 21.7. The topological polar surface area (TPSA) is 86.6 Å². The second-order valence-corrected chi connectivity index (χ2v) is 9.08. The summed E-state index contributed by atoms with van der Waals surface area (Å²) >= 11 is 1.66. The number of hydrogen-bond donors (Lipinski definition) is 2. The fourth-order valence-corrected chi connectivity index (χ4v) is 5.24. The monoisotopic (exact) mass is 447 g/mol. The molecule has 1 fully saturated rings. The molecule has 2 aliphatic rings. The van der Waals surface area contributed by atoms with Crippen LogP contribution >= 0.6 is 11.3 Å². The number of imidazole rings is 1. The van der Waals surface area contributed by atoms with Gasteiger partial charge < -0.3 is 14.3 Å². The number of aromatic amines is 1. The number of nitrogens with one attached hydrogen (secondary N) is 2. The minimum absolute atomic E-state index is 0.0425. The standard InChI is InChI=1S/C23H21N5O3S/c1-27-12-17(26-31-27)14-4-6-15(7-5-14)19-9-22-20(30-19)10-21(32-22)16-11-24-23(25-16)18-3-2-8-28(18)13-29/h4-7,9-13,18,26H,2-3,8H2,1H3,(H,24,25). The van der Waals surface area contributed by atoms with Crippen molar-refractivity contribution in [3.63, 3.8) is 0 Å². The molecule has 5 heterocycles. The SMILES string of the molecule is CN1C=C(c2ccc(-c3cc4sc(-c5cnc(C6CCCN6C=O)[nH]5)cc4o3)cc2)NO1. The third-order valence-corrected chi connectivity index (χ3v) is 7.00. The maximum Gasteiger partial charge on any atom is 0.210 e. The summed E-state index contributed by atoms with van der Waals surface area (Å²) in [7, 11) is 1.83. The molecule has 4 aromatic rings. The molecule has 32 heavy (non-hydrogen) atoms. The summed E-state index contributed by atoms with van der Waals surface area (Å²) in [6.07, 6.45) is 6.60. The van der Waals surface area contributed by atoms with Crippen molar-refractivity contribution in [1.82, 2.24) is 25.4 Å². The van der Waals surface area contributed by atoms with Gasteiger partial charge in [-0.3, -0.25) is 4.79 Å². The molecule has 1 aromatic carbocycles. The van der Waals surface area contributed by atoms with Gasteiger partial charge in [-0.05, 0) is 12.8 Å². The molecule has 2 N–H and O–H groups in total. The molecule has 0 bridgehead atoms. The van der Waals surface area contributed by atoms with E-state index in [9.17, 15) is 4.79 Å². The highest BCUT2D eigenvalue weighted by Crippen LogP contribution is 2.38. The summed E-state index contributed by atoms with van der Waals surface area (Å²) in [4.78, 5) is 27.3. The van der Waals surface area contributed by atoms with Gasteiger partial charge in [0.15, 0.2) is 0 Å². The number of carbonyl (C=O) groups excluding carboxylic acids is 1.